The number of amides is 1. The van der Waals surface area contributed by atoms with E-state index in [4.69, 9.17) is 10.3 Å². The summed E-state index contributed by atoms with van der Waals surface area (Å²) in [7, 11) is -4.51. The fourth-order valence-electron chi connectivity index (χ4n) is 0.934. The molecule has 0 radical (unpaired) electrons. The minimum absolute atomic E-state index is 0.0290. The molecule has 0 aliphatic carbocycles. The monoisotopic (exact) mass is 243 g/mol. The minimum Gasteiger partial charge on any atom is -0.366 e. The van der Waals surface area contributed by atoms with Crippen LogP contribution in [0.1, 0.15) is 5.56 Å². The molecule has 0 spiro atoms. The van der Waals surface area contributed by atoms with Gasteiger partial charge in [0.05, 0.1) is 0 Å². The van der Waals surface area contributed by atoms with Crippen LogP contribution in [0.15, 0.2) is 30.3 Å². The van der Waals surface area contributed by atoms with Crippen molar-refractivity contribution in [3.8, 4) is 5.75 Å². The van der Waals surface area contributed by atoms with Crippen LogP contribution in [0.5, 0.6) is 5.75 Å². The first-order chi connectivity index (χ1) is 7.37. The predicted octanol–water partition coefficient (Wildman–Crippen LogP) is 0.367. The Labute approximate surface area is 92.3 Å². The van der Waals surface area contributed by atoms with Gasteiger partial charge in [-0.05, 0) is 23.8 Å². The van der Waals surface area contributed by atoms with Crippen LogP contribution < -0.4 is 9.92 Å². The molecule has 3 N–H and O–H groups in total. The quantitative estimate of drug-likeness (QED) is 0.586. The van der Waals surface area contributed by atoms with E-state index >= 15 is 0 Å². The summed E-state index contributed by atoms with van der Waals surface area (Å²) >= 11 is 0. The summed E-state index contributed by atoms with van der Waals surface area (Å²) in [6, 6.07) is 5.66. The van der Waals surface area contributed by atoms with Crippen molar-refractivity contribution in [3.05, 3.63) is 35.9 Å². The molecule has 1 amide bonds. The Hall–Kier alpha value is -1.86. The van der Waals surface area contributed by atoms with E-state index in [0.717, 1.165) is 0 Å². The zero-order chi connectivity index (χ0) is 12.2. The number of carbonyl (C=O) groups excluding carboxylic acids is 1. The van der Waals surface area contributed by atoms with Gasteiger partial charge in [-0.15, -0.1) is 0 Å². The topological polar surface area (TPSA) is 107 Å². The van der Waals surface area contributed by atoms with Crippen LogP contribution in [0.3, 0.4) is 0 Å². The van der Waals surface area contributed by atoms with E-state index in [1.54, 1.807) is 0 Å². The Morgan fingerprint density at radius 1 is 1.31 bits per heavy atom. The Morgan fingerprint density at radius 3 is 2.31 bits per heavy atom. The molecule has 0 fully saturated rings. The van der Waals surface area contributed by atoms with Crippen LogP contribution in [-0.4, -0.2) is 18.9 Å². The van der Waals surface area contributed by atoms with Crippen molar-refractivity contribution in [2.45, 2.75) is 0 Å². The van der Waals surface area contributed by atoms with Crippen molar-refractivity contribution < 1.29 is 21.9 Å². The second-order valence-corrected chi connectivity index (χ2v) is 3.84. The highest BCUT2D eigenvalue weighted by atomic mass is 32.3. The van der Waals surface area contributed by atoms with Crippen molar-refractivity contribution in [1.29, 1.82) is 0 Å². The molecule has 6 nitrogen and oxygen atoms in total. The SMILES string of the molecule is NC(=O)C=Cc1ccc(OS(=O)(=O)O)cc1. The number of hydrogen-bond acceptors (Lipinski definition) is 4. The van der Waals surface area contributed by atoms with Gasteiger partial charge in [0.1, 0.15) is 5.75 Å². The average Bonchev–Trinajstić information content (AvgIpc) is 2.14. The van der Waals surface area contributed by atoms with Crippen LogP contribution in [0.2, 0.25) is 0 Å². The molecule has 16 heavy (non-hydrogen) atoms. The Morgan fingerprint density at radius 2 is 1.88 bits per heavy atom. The van der Waals surface area contributed by atoms with Crippen molar-refractivity contribution in [2.24, 2.45) is 5.73 Å². The summed E-state index contributed by atoms with van der Waals surface area (Å²) in [5.41, 5.74) is 5.53. The van der Waals surface area contributed by atoms with Gasteiger partial charge in [0.25, 0.3) is 0 Å². The van der Waals surface area contributed by atoms with Crippen LogP contribution in [0.25, 0.3) is 6.08 Å². The molecule has 0 aliphatic heterocycles. The Balaban J connectivity index is 2.79. The molecule has 86 valence electrons. The number of primary amides is 1. The highest BCUT2D eigenvalue weighted by Crippen LogP contribution is 2.14. The smallest absolute Gasteiger partial charge is 0.366 e. The first-order valence-electron chi connectivity index (χ1n) is 4.11. The molecule has 7 heteroatoms. The van der Waals surface area contributed by atoms with Gasteiger partial charge < -0.3 is 9.92 Å². The van der Waals surface area contributed by atoms with Crippen LogP contribution in [0, 0.1) is 0 Å². The summed E-state index contributed by atoms with van der Waals surface area (Å²) in [4.78, 5) is 10.4. The Bertz CT molecular complexity index is 503. The molecule has 1 rings (SSSR count). The van der Waals surface area contributed by atoms with Crippen molar-refractivity contribution in [2.75, 3.05) is 0 Å². The van der Waals surface area contributed by atoms with E-state index in [-0.39, 0.29) is 5.75 Å². The summed E-state index contributed by atoms with van der Waals surface area (Å²) < 4.78 is 33.3. The molecule has 0 atom stereocenters. The second-order valence-electron chi connectivity index (χ2n) is 2.82. The summed E-state index contributed by atoms with van der Waals surface area (Å²) in [5.74, 6) is -0.614. The summed E-state index contributed by atoms with van der Waals surface area (Å²) in [5, 5.41) is 0. The second kappa shape index (κ2) is 4.77. The van der Waals surface area contributed by atoms with E-state index in [0.29, 0.717) is 5.56 Å². The minimum atomic E-state index is -4.51. The highest BCUT2D eigenvalue weighted by molar-refractivity contribution is 7.81. The van der Waals surface area contributed by atoms with E-state index in [1.165, 1.54) is 36.4 Å². The molecule has 0 aromatic heterocycles. The third kappa shape index (κ3) is 4.58. The van der Waals surface area contributed by atoms with Gasteiger partial charge in [-0.2, -0.15) is 8.42 Å². The first kappa shape index (κ1) is 12.2. The maximum absolute atomic E-state index is 10.4. The van der Waals surface area contributed by atoms with Crippen molar-refractivity contribution in [3.63, 3.8) is 0 Å². The van der Waals surface area contributed by atoms with Crippen LogP contribution in [-0.2, 0) is 15.2 Å². The molecule has 0 unspecified atom stereocenters. The summed E-state index contributed by atoms with van der Waals surface area (Å²) in [6.45, 7) is 0. The van der Waals surface area contributed by atoms with Crippen LogP contribution >= 0.6 is 0 Å². The third-order valence-corrected chi connectivity index (χ3v) is 1.92. The lowest BCUT2D eigenvalue weighted by molar-refractivity contribution is -0.113. The lowest BCUT2D eigenvalue weighted by Gasteiger charge is -2.00. The average molecular weight is 243 g/mol. The van der Waals surface area contributed by atoms with E-state index in [2.05, 4.69) is 4.18 Å². The normalized spacial score (nSPS) is 11.6. The molecule has 0 saturated carbocycles. The first-order valence-corrected chi connectivity index (χ1v) is 5.48. The van der Waals surface area contributed by atoms with Gasteiger partial charge in [-0.25, -0.2) is 0 Å². The molecule has 1 aromatic rings. The van der Waals surface area contributed by atoms with Crippen molar-refractivity contribution >= 4 is 22.4 Å². The van der Waals surface area contributed by atoms with Crippen LogP contribution in [0.4, 0.5) is 0 Å². The number of carbonyl (C=O) groups is 1. The molecule has 0 aliphatic rings. The number of rotatable bonds is 4. The number of nitrogens with two attached hydrogens (primary N) is 1. The van der Waals surface area contributed by atoms with Gasteiger partial charge in [-0.1, -0.05) is 12.1 Å². The van der Waals surface area contributed by atoms with Gasteiger partial charge in [0, 0.05) is 6.08 Å². The molecular weight excluding hydrogens is 234 g/mol. The lowest BCUT2D eigenvalue weighted by atomic mass is 10.2. The molecule has 0 saturated heterocycles. The Kier molecular flexibility index (Phi) is 3.64. The molecule has 1 aromatic carbocycles. The maximum atomic E-state index is 10.4. The lowest BCUT2D eigenvalue weighted by Crippen LogP contribution is -2.06. The number of hydrogen-bond donors (Lipinski definition) is 2. The van der Waals surface area contributed by atoms with Gasteiger partial charge in [0.2, 0.25) is 5.91 Å². The predicted molar refractivity (Wildman–Crippen MR) is 56.8 cm³/mol. The van der Waals surface area contributed by atoms with E-state index in [1.807, 2.05) is 0 Å². The third-order valence-electron chi connectivity index (χ3n) is 1.52. The molecule has 0 bridgehead atoms. The molecule has 0 heterocycles. The highest BCUT2D eigenvalue weighted by Gasteiger charge is 2.05. The summed E-state index contributed by atoms with van der Waals surface area (Å²) in [6.07, 6.45) is 2.62. The zero-order valence-corrected chi connectivity index (χ0v) is 8.85. The fraction of sp³-hybridized carbons (Fsp3) is 0. The van der Waals surface area contributed by atoms with Gasteiger partial charge in [-0.3, -0.25) is 9.35 Å². The standard InChI is InChI=1S/C9H9NO5S/c10-9(11)6-3-7-1-4-8(5-2-7)15-16(12,13)14/h1-6H,(H2,10,11)(H,12,13,14). The van der Waals surface area contributed by atoms with Gasteiger partial charge >= 0.3 is 10.4 Å². The fourth-order valence-corrected chi connectivity index (χ4v) is 1.29. The largest absolute Gasteiger partial charge is 0.446 e. The van der Waals surface area contributed by atoms with Gasteiger partial charge in [0.15, 0.2) is 0 Å². The molecular formula is C9H9NO5S. The van der Waals surface area contributed by atoms with E-state index in [9.17, 15) is 13.2 Å². The number of benzene rings is 1. The maximum Gasteiger partial charge on any atom is 0.446 e. The zero-order valence-electron chi connectivity index (χ0n) is 8.03. The van der Waals surface area contributed by atoms with Crippen molar-refractivity contribution in [1.82, 2.24) is 0 Å². The van der Waals surface area contributed by atoms with E-state index < -0.39 is 16.3 Å².